The van der Waals surface area contributed by atoms with Crippen LogP contribution in [0.2, 0.25) is 0 Å². The predicted octanol–water partition coefficient (Wildman–Crippen LogP) is 4.62. The third-order valence-electron chi connectivity index (χ3n) is 5.28. The molecule has 0 aromatic carbocycles. The zero-order valence-electron chi connectivity index (χ0n) is 16.8. The lowest BCUT2D eigenvalue weighted by molar-refractivity contribution is -0.115. The van der Waals surface area contributed by atoms with E-state index in [2.05, 4.69) is 37.1 Å². The summed E-state index contributed by atoms with van der Waals surface area (Å²) in [6.07, 6.45) is 6.26. The quantitative estimate of drug-likeness (QED) is 0.766. The number of carbonyl (C=O) groups is 1. The Morgan fingerprint density at radius 3 is 2.86 bits per heavy atom. The van der Waals surface area contributed by atoms with E-state index in [4.69, 9.17) is 4.98 Å². The molecule has 1 N–H and O–H groups in total. The van der Waals surface area contributed by atoms with Crippen LogP contribution in [0, 0.1) is 22.7 Å². The number of hydrogen-bond donors (Lipinski definition) is 1. The molecule has 0 spiro atoms. The van der Waals surface area contributed by atoms with Crippen LogP contribution in [-0.4, -0.2) is 21.1 Å². The van der Waals surface area contributed by atoms with Crippen molar-refractivity contribution in [1.82, 2.24) is 9.97 Å². The van der Waals surface area contributed by atoms with E-state index in [-0.39, 0.29) is 16.6 Å². The predicted molar refractivity (Wildman–Crippen MR) is 112 cm³/mol. The fourth-order valence-electron chi connectivity index (χ4n) is 3.46. The number of aromatic nitrogens is 2. The minimum Gasteiger partial charge on any atom is -0.324 e. The van der Waals surface area contributed by atoms with Gasteiger partial charge < -0.3 is 5.32 Å². The Hall–Kier alpha value is -2.39. The Morgan fingerprint density at radius 2 is 2.21 bits per heavy atom. The van der Waals surface area contributed by atoms with Crippen molar-refractivity contribution < 1.29 is 4.79 Å². The average molecular weight is 395 g/mol. The second-order valence-corrected chi connectivity index (χ2v) is 9.68. The van der Waals surface area contributed by atoms with Gasteiger partial charge in [0.1, 0.15) is 11.1 Å². The topological polar surface area (TPSA) is 78.7 Å². The highest BCUT2D eigenvalue weighted by Crippen LogP contribution is 2.38. The number of nitrogens with one attached hydrogen (secondary N) is 1. The van der Waals surface area contributed by atoms with Crippen molar-refractivity contribution >= 4 is 23.4 Å². The molecule has 0 fully saturated rings. The fraction of sp³-hybridized carbons (Fsp3) is 0.455. The first-order chi connectivity index (χ1) is 13.3. The molecule has 1 aliphatic carbocycles. The van der Waals surface area contributed by atoms with Gasteiger partial charge in [0.15, 0.2) is 0 Å². The number of anilines is 1. The molecule has 3 rings (SSSR count). The molecule has 2 atom stereocenters. The van der Waals surface area contributed by atoms with Crippen LogP contribution in [0.15, 0.2) is 35.6 Å². The summed E-state index contributed by atoms with van der Waals surface area (Å²) >= 11 is 1.34. The number of nitriles is 1. The first-order valence-electron chi connectivity index (χ1n) is 9.58. The number of hydrogen-bond acceptors (Lipinski definition) is 5. The van der Waals surface area contributed by atoms with Crippen LogP contribution in [-0.2, 0) is 17.6 Å². The number of carbonyl (C=O) groups excluding carboxylic acids is 1. The lowest BCUT2D eigenvalue weighted by atomic mass is 9.71. The Bertz CT molecular complexity index is 899. The number of aryl methyl sites for hydroxylation is 1. The van der Waals surface area contributed by atoms with Gasteiger partial charge in [0.2, 0.25) is 5.91 Å². The van der Waals surface area contributed by atoms with Crippen LogP contribution in [0.1, 0.15) is 50.9 Å². The molecule has 5 nitrogen and oxygen atoms in total. The standard InChI is InChI=1S/C22H26N4OS/c1-14(20(27)25-18-6-5-9-24-13-18)28-21-16(12-23)10-15-11-17(22(2,3)4)7-8-19(15)26-21/h5-6,9-10,13-14,17H,7-8,11H2,1-4H3,(H,25,27). The van der Waals surface area contributed by atoms with Crippen molar-refractivity contribution in [2.45, 2.75) is 57.2 Å². The molecule has 6 heteroatoms. The van der Waals surface area contributed by atoms with Crippen molar-refractivity contribution in [3.63, 3.8) is 0 Å². The molecule has 2 aromatic heterocycles. The van der Waals surface area contributed by atoms with E-state index in [1.807, 2.05) is 13.0 Å². The monoisotopic (exact) mass is 394 g/mol. The number of fused-ring (bicyclic) bond motifs is 1. The number of nitrogens with zero attached hydrogens (tertiary/aromatic N) is 3. The van der Waals surface area contributed by atoms with Crippen LogP contribution in [0.5, 0.6) is 0 Å². The number of pyridine rings is 2. The summed E-state index contributed by atoms with van der Waals surface area (Å²) < 4.78 is 0. The molecule has 2 unspecified atom stereocenters. The van der Waals surface area contributed by atoms with E-state index in [1.165, 1.54) is 17.3 Å². The van der Waals surface area contributed by atoms with Crippen molar-refractivity contribution in [3.8, 4) is 6.07 Å². The second-order valence-electron chi connectivity index (χ2n) is 8.36. The van der Waals surface area contributed by atoms with Crippen LogP contribution in [0.4, 0.5) is 5.69 Å². The minimum absolute atomic E-state index is 0.130. The lowest BCUT2D eigenvalue weighted by Gasteiger charge is -2.34. The molecule has 1 aliphatic rings. The van der Waals surface area contributed by atoms with Gasteiger partial charge in [-0.1, -0.05) is 32.5 Å². The highest BCUT2D eigenvalue weighted by Gasteiger charge is 2.30. The minimum atomic E-state index is -0.372. The Labute approximate surface area is 171 Å². The Morgan fingerprint density at radius 1 is 1.43 bits per heavy atom. The number of rotatable bonds is 4. The van der Waals surface area contributed by atoms with Gasteiger partial charge in [-0.05, 0) is 61.3 Å². The summed E-state index contributed by atoms with van der Waals surface area (Å²) in [7, 11) is 0. The van der Waals surface area contributed by atoms with Crippen molar-refractivity contribution in [3.05, 3.63) is 47.4 Å². The molecular formula is C22H26N4OS. The zero-order valence-corrected chi connectivity index (χ0v) is 17.6. The third kappa shape index (κ3) is 4.71. The fourth-order valence-corrected chi connectivity index (χ4v) is 4.35. The first kappa shape index (κ1) is 20.3. The molecule has 0 bridgehead atoms. The van der Waals surface area contributed by atoms with Gasteiger partial charge in [-0.25, -0.2) is 4.98 Å². The Kier molecular flexibility index (Phi) is 6.04. The maximum atomic E-state index is 12.5. The molecule has 1 amide bonds. The van der Waals surface area contributed by atoms with Crippen molar-refractivity contribution in [2.75, 3.05) is 5.32 Å². The molecule has 0 saturated carbocycles. The average Bonchev–Trinajstić information content (AvgIpc) is 2.67. The SMILES string of the molecule is CC(Sc1nc2c(cc1C#N)CC(C(C)(C)C)CC2)C(=O)Nc1cccnc1. The largest absolute Gasteiger partial charge is 0.324 e. The second kappa shape index (κ2) is 8.32. The van der Waals surface area contributed by atoms with E-state index < -0.39 is 0 Å². The normalized spacial score (nSPS) is 17.3. The highest BCUT2D eigenvalue weighted by molar-refractivity contribution is 8.00. The van der Waals surface area contributed by atoms with E-state index in [1.54, 1.807) is 24.5 Å². The number of thioether (sulfide) groups is 1. The highest BCUT2D eigenvalue weighted by atomic mass is 32.2. The summed E-state index contributed by atoms with van der Waals surface area (Å²) in [5.74, 6) is 0.463. The molecule has 146 valence electrons. The molecule has 0 saturated heterocycles. The maximum Gasteiger partial charge on any atom is 0.237 e. The molecular weight excluding hydrogens is 368 g/mol. The van der Waals surface area contributed by atoms with E-state index in [0.717, 1.165) is 25.0 Å². The van der Waals surface area contributed by atoms with Crippen LogP contribution < -0.4 is 5.32 Å². The summed E-state index contributed by atoms with van der Waals surface area (Å²) in [5, 5.41) is 12.7. The summed E-state index contributed by atoms with van der Waals surface area (Å²) in [4.78, 5) is 21.3. The summed E-state index contributed by atoms with van der Waals surface area (Å²) in [6.45, 7) is 8.64. The zero-order chi connectivity index (χ0) is 20.3. The molecule has 0 aliphatic heterocycles. The Balaban J connectivity index is 1.76. The molecule has 2 aromatic rings. The van der Waals surface area contributed by atoms with E-state index in [0.29, 0.717) is 22.2 Å². The van der Waals surface area contributed by atoms with Crippen molar-refractivity contribution in [2.24, 2.45) is 11.3 Å². The first-order valence-corrected chi connectivity index (χ1v) is 10.5. The van der Waals surface area contributed by atoms with Gasteiger partial charge in [-0.3, -0.25) is 9.78 Å². The smallest absolute Gasteiger partial charge is 0.237 e. The summed E-state index contributed by atoms with van der Waals surface area (Å²) in [5.41, 5.74) is 3.71. The summed E-state index contributed by atoms with van der Waals surface area (Å²) in [6, 6.07) is 7.82. The molecule has 0 radical (unpaired) electrons. The van der Waals surface area contributed by atoms with Gasteiger partial charge in [0, 0.05) is 11.9 Å². The molecule has 28 heavy (non-hydrogen) atoms. The third-order valence-corrected chi connectivity index (χ3v) is 6.39. The van der Waals surface area contributed by atoms with Crippen LogP contribution >= 0.6 is 11.8 Å². The van der Waals surface area contributed by atoms with Crippen molar-refractivity contribution in [1.29, 1.82) is 5.26 Å². The van der Waals surface area contributed by atoms with Gasteiger partial charge in [-0.2, -0.15) is 5.26 Å². The lowest BCUT2D eigenvalue weighted by Crippen LogP contribution is -2.27. The van der Waals surface area contributed by atoms with Crippen LogP contribution in [0.3, 0.4) is 0 Å². The van der Waals surface area contributed by atoms with Gasteiger partial charge in [0.25, 0.3) is 0 Å². The van der Waals surface area contributed by atoms with E-state index >= 15 is 0 Å². The molecule has 2 heterocycles. The number of amides is 1. The van der Waals surface area contributed by atoms with Gasteiger partial charge >= 0.3 is 0 Å². The van der Waals surface area contributed by atoms with Gasteiger partial charge in [0.05, 0.1) is 22.7 Å². The van der Waals surface area contributed by atoms with Gasteiger partial charge in [-0.15, -0.1) is 0 Å². The van der Waals surface area contributed by atoms with Crippen LogP contribution in [0.25, 0.3) is 0 Å². The maximum absolute atomic E-state index is 12.5. The van der Waals surface area contributed by atoms with E-state index in [9.17, 15) is 10.1 Å².